The standard InChI is InChI=1S/C13H16N2S/c14-9-8-12-10-16-13(15-12)7-6-11-4-2-1-3-5-11/h1-5,10H,6-9,14H2. The van der Waals surface area contributed by atoms with Crippen LogP contribution in [0.15, 0.2) is 35.7 Å². The van der Waals surface area contributed by atoms with Crippen LogP contribution in [0.2, 0.25) is 0 Å². The molecular weight excluding hydrogens is 216 g/mol. The van der Waals surface area contributed by atoms with Gasteiger partial charge in [-0.05, 0) is 18.5 Å². The highest BCUT2D eigenvalue weighted by molar-refractivity contribution is 7.09. The van der Waals surface area contributed by atoms with Gasteiger partial charge in [-0.15, -0.1) is 11.3 Å². The number of aromatic nitrogens is 1. The molecule has 3 heteroatoms. The lowest BCUT2D eigenvalue weighted by Gasteiger charge is -1.97. The van der Waals surface area contributed by atoms with E-state index in [1.807, 2.05) is 6.07 Å². The van der Waals surface area contributed by atoms with Gasteiger partial charge in [0.15, 0.2) is 0 Å². The van der Waals surface area contributed by atoms with Gasteiger partial charge < -0.3 is 5.73 Å². The van der Waals surface area contributed by atoms with Gasteiger partial charge in [-0.2, -0.15) is 0 Å². The summed E-state index contributed by atoms with van der Waals surface area (Å²) in [5.74, 6) is 0. The van der Waals surface area contributed by atoms with Crippen LogP contribution >= 0.6 is 11.3 Å². The lowest BCUT2D eigenvalue weighted by Crippen LogP contribution is -2.03. The van der Waals surface area contributed by atoms with E-state index in [1.54, 1.807) is 11.3 Å². The first-order chi connectivity index (χ1) is 7.88. The van der Waals surface area contributed by atoms with Crippen molar-refractivity contribution in [2.75, 3.05) is 6.54 Å². The average molecular weight is 232 g/mol. The molecule has 0 spiro atoms. The van der Waals surface area contributed by atoms with Crippen molar-refractivity contribution in [1.29, 1.82) is 0 Å². The monoisotopic (exact) mass is 232 g/mol. The molecule has 2 nitrogen and oxygen atoms in total. The first-order valence-corrected chi connectivity index (χ1v) is 6.43. The summed E-state index contributed by atoms with van der Waals surface area (Å²) < 4.78 is 0. The number of nitrogens with two attached hydrogens (primary N) is 1. The van der Waals surface area contributed by atoms with E-state index in [-0.39, 0.29) is 0 Å². The Morgan fingerprint density at radius 2 is 1.88 bits per heavy atom. The molecule has 2 N–H and O–H groups in total. The summed E-state index contributed by atoms with van der Waals surface area (Å²) in [5, 5.41) is 3.33. The summed E-state index contributed by atoms with van der Waals surface area (Å²) in [6, 6.07) is 10.5. The van der Waals surface area contributed by atoms with E-state index >= 15 is 0 Å². The zero-order valence-corrected chi connectivity index (χ0v) is 10.0. The van der Waals surface area contributed by atoms with Crippen LogP contribution in [0.1, 0.15) is 16.3 Å². The molecular formula is C13H16N2S. The van der Waals surface area contributed by atoms with Crippen LogP contribution in [-0.4, -0.2) is 11.5 Å². The average Bonchev–Trinajstić information content (AvgIpc) is 2.76. The third-order valence-corrected chi connectivity index (χ3v) is 3.43. The molecule has 16 heavy (non-hydrogen) atoms. The van der Waals surface area contributed by atoms with E-state index in [0.29, 0.717) is 6.54 Å². The normalized spacial score (nSPS) is 10.6. The second-order valence-electron chi connectivity index (χ2n) is 3.76. The lowest BCUT2D eigenvalue weighted by atomic mass is 10.1. The molecule has 0 atom stereocenters. The van der Waals surface area contributed by atoms with Gasteiger partial charge in [0.25, 0.3) is 0 Å². The Bertz CT molecular complexity index is 423. The fourth-order valence-electron chi connectivity index (χ4n) is 1.62. The number of hydrogen-bond acceptors (Lipinski definition) is 3. The minimum atomic E-state index is 0.682. The maximum Gasteiger partial charge on any atom is 0.0931 e. The molecule has 0 aliphatic heterocycles. The van der Waals surface area contributed by atoms with Crippen molar-refractivity contribution in [3.8, 4) is 0 Å². The van der Waals surface area contributed by atoms with E-state index < -0.39 is 0 Å². The molecule has 0 fully saturated rings. The molecule has 0 bridgehead atoms. The van der Waals surface area contributed by atoms with E-state index in [4.69, 9.17) is 5.73 Å². The second-order valence-corrected chi connectivity index (χ2v) is 4.70. The summed E-state index contributed by atoms with van der Waals surface area (Å²) in [6.45, 7) is 0.682. The first-order valence-electron chi connectivity index (χ1n) is 5.56. The molecule has 2 rings (SSSR count). The predicted molar refractivity (Wildman–Crippen MR) is 68.7 cm³/mol. The largest absolute Gasteiger partial charge is 0.330 e. The van der Waals surface area contributed by atoms with Crippen molar-refractivity contribution in [3.05, 3.63) is 52.0 Å². The topological polar surface area (TPSA) is 38.9 Å². The van der Waals surface area contributed by atoms with Crippen LogP contribution in [0.3, 0.4) is 0 Å². The highest BCUT2D eigenvalue weighted by atomic mass is 32.1. The van der Waals surface area contributed by atoms with Crippen LogP contribution in [0.4, 0.5) is 0 Å². The molecule has 0 saturated carbocycles. The fraction of sp³-hybridized carbons (Fsp3) is 0.308. The molecule has 0 aliphatic rings. The van der Waals surface area contributed by atoms with Crippen LogP contribution in [0.5, 0.6) is 0 Å². The number of nitrogens with zero attached hydrogens (tertiary/aromatic N) is 1. The van der Waals surface area contributed by atoms with Crippen molar-refractivity contribution in [2.24, 2.45) is 5.73 Å². The van der Waals surface area contributed by atoms with Gasteiger partial charge >= 0.3 is 0 Å². The van der Waals surface area contributed by atoms with E-state index in [0.717, 1.165) is 25.0 Å². The molecule has 2 aromatic rings. The maximum absolute atomic E-state index is 5.50. The molecule has 0 saturated heterocycles. The summed E-state index contributed by atoms with van der Waals surface area (Å²) >= 11 is 1.74. The number of rotatable bonds is 5. The molecule has 84 valence electrons. The van der Waals surface area contributed by atoms with Crippen LogP contribution < -0.4 is 5.73 Å². The Balaban J connectivity index is 1.89. The summed E-state index contributed by atoms with van der Waals surface area (Å²) in [4.78, 5) is 4.55. The Kier molecular flexibility index (Phi) is 4.08. The first kappa shape index (κ1) is 11.3. The van der Waals surface area contributed by atoms with Gasteiger partial charge in [0.05, 0.1) is 10.7 Å². The van der Waals surface area contributed by atoms with Gasteiger partial charge in [-0.25, -0.2) is 4.98 Å². The Morgan fingerprint density at radius 1 is 1.06 bits per heavy atom. The second kappa shape index (κ2) is 5.77. The molecule has 1 heterocycles. The van der Waals surface area contributed by atoms with Gasteiger partial charge in [-0.1, -0.05) is 30.3 Å². The quantitative estimate of drug-likeness (QED) is 0.860. The number of aryl methyl sites for hydroxylation is 2. The predicted octanol–water partition coefficient (Wildman–Crippen LogP) is 2.43. The van der Waals surface area contributed by atoms with Gasteiger partial charge in [0.2, 0.25) is 0 Å². The van der Waals surface area contributed by atoms with Crippen LogP contribution in [0, 0.1) is 0 Å². The molecule has 0 radical (unpaired) electrons. The Labute approximate surface area is 100 Å². The zero-order valence-electron chi connectivity index (χ0n) is 9.23. The van der Waals surface area contributed by atoms with Crippen molar-refractivity contribution in [1.82, 2.24) is 4.98 Å². The van der Waals surface area contributed by atoms with Crippen molar-refractivity contribution in [3.63, 3.8) is 0 Å². The zero-order chi connectivity index (χ0) is 11.2. The van der Waals surface area contributed by atoms with Crippen molar-refractivity contribution in [2.45, 2.75) is 19.3 Å². The number of benzene rings is 1. The number of thiazole rings is 1. The maximum atomic E-state index is 5.50. The van der Waals surface area contributed by atoms with Crippen molar-refractivity contribution < 1.29 is 0 Å². The lowest BCUT2D eigenvalue weighted by molar-refractivity contribution is 0.893. The van der Waals surface area contributed by atoms with E-state index in [2.05, 4.69) is 34.6 Å². The highest BCUT2D eigenvalue weighted by Crippen LogP contribution is 2.13. The van der Waals surface area contributed by atoms with Crippen LogP contribution in [-0.2, 0) is 19.3 Å². The molecule has 1 aromatic carbocycles. The van der Waals surface area contributed by atoms with Crippen molar-refractivity contribution >= 4 is 11.3 Å². The third-order valence-electron chi connectivity index (χ3n) is 2.47. The molecule has 0 unspecified atom stereocenters. The van der Waals surface area contributed by atoms with Gasteiger partial charge in [-0.3, -0.25) is 0 Å². The van der Waals surface area contributed by atoms with E-state index in [1.165, 1.54) is 10.6 Å². The third kappa shape index (κ3) is 3.15. The van der Waals surface area contributed by atoms with E-state index in [9.17, 15) is 0 Å². The summed E-state index contributed by atoms with van der Waals surface area (Å²) in [5.41, 5.74) is 8.01. The fourth-order valence-corrected chi connectivity index (χ4v) is 2.45. The SMILES string of the molecule is NCCc1csc(CCc2ccccc2)n1. The molecule has 1 aromatic heterocycles. The summed E-state index contributed by atoms with van der Waals surface area (Å²) in [6.07, 6.45) is 2.98. The minimum Gasteiger partial charge on any atom is -0.330 e. The highest BCUT2D eigenvalue weighted by Gasteiger charge is 2.01. The van der Waals surface area contributed by atoms with Gasteiger partial charge in [0.1, 0.15) is 0 Å². The Hall–Kier alpha value is -1.19. The smallest absolute Gasteiger partial charge is 0.0931 e. The molecule has 0 aliphatic carbocycles. The Morgan fingerprint density at radius 3 is 2.62 bits per heavy atom. The van der Waals surface area contributed by atoms with Gasteiger partial charge in [0, 0.05) is 18.2 Å². The molecule has 0 amide bonds. The minimum absolute atomic E-state index is 0.682. The summed E-state index contributed by atoms with van der Waals surface area (Å²) in [7, 11) is 0. The number of hydrogen-bond donors (Lipinski definition) is 1. The van der Waals surface area contributed by atoms with Crippen LogP contribution in [0.25, 0.3) is 0 Å².